The molecule has 0 aliphatic rings. The Labute approximate surface area is 182 Å². The molecule has 0 spiro atoms. The predicted octanol–water partition coefficient (Wildman–Crippen LogP) is 4.09. The SMILES string of the molecule is COc1ccccc1CNS(=O)(=O)c1cn(Cc2ccccc2)nc1-c1ccccc1. The number of sulfonamides is 1. The van der Waals surface area contributed by atoms with E-state index in [0.29, 0.717) is 18.0 Å². The zero-order valence-electron chi connectivity index (χ0n) is 17.1. The van der Waals surface area contributed by atoms with Crippen molar-refractivity contribution in [2.45, 2.75) is 18.0 Å². The highest BCUT2D eigenvalue weighted by Crippen LogP contribution is 2.27. The molecule has 1 N–H and O–H groups in total. The fourth-order valence-corrected chi connectivity index (χ4v) is 4.52. The van der Waals surface area contributed by atoms with Gasteiger partial charge in [-0.1, -0.05) is 78.9 Å². The van der Waals surface area contributed by atoms with Crippen LogP contribution >= 0.6 is 0 Å². The minimum atomic E-state index is -3.82. The molecule has 4 aromatic rings. The Morgan fingerprint density at radius 3 is 2.26 bits per heavy atom. The second kappa shape index (κ2) is 9.16. The van der Waals surface area contributed by atoms with E-state index in [1.165, 1.54) is 0 Å². The lowest BCUT2D eigenvalue weighted by Gasteiger charge is -2.10. The molecule has 3 aromatic carbocycles. The zero-order valence-corrected chi connectivity index (χ0v) is 17.9. The average molecular weight is 434 g/mol. The number of para-hydroxylation sites is 1. The summed E-state index contributed by atoms with van der Waals surface area (Å²) >= 11 is 0. The number of aromatic nitrogens is 2. The van der Waals surface area contributed by atoms with Crippen molar-refractivity contribution in [3.05, 3.63) is 102 Å². The highest BCUT2D eigenvalue weighted by atomic mass is 32.2. The maximum absolute atomic E-state index is 13.3. The van der Waals surface area contributed by atoms with E-state index in [0.717, 1.165) is 16.7 Å². The van der Waals surface area contributed by atoms with Crippen molar-refractivity contribution in [3.8, 4) is 17.0 Å². The van der Waals surface area contributed by atoms with Gasteiger partial charge in [-0.3, -0.25) is 4.68 Å². The molecule has 0 aliphatic heterocycles. The van der Waals surface area contributed by atoms with Gasteiger partial charge in [-0.05, 0) is 11.6 Å². The summed E-state index contributed by atoms with van der Waals surface area (Å²) in [6.07, 6.45) is 1.58. The van der Waals surface area contributed by atoms with E-state index in [2.05, 4.69) is 9.82 Å². The van der Waals surface area contributed by atoms with Crippen molar-refractivity contribution in [1.82, 2.24) is 14.5 Å². The molecule has 31 heavy (non-hydrogen) atoms. The monoisotopic (exact) mass is 433 g/mol. The number of hydrogen-bond acceptors (Lipinski definition) is 4. The van der Waals surface area contributed by atoms with E-state index < -0.39 is 10.0 Å². The van der Waals surface area contributed by atoms with Crippen LogP contribution in [0.15, 0.2) is 96.0 Å². The van der Waals surface area contributed by atoms with Crippen molar-refractivity contribution < 1.29 is 13.2 Å². The van der Waals surface area contributed by atoms with Gasteiger partial charge in [0, 0.05) is 23.9 Å². The van der Waals surface area contributed by atoms with Crippen LogP contribution in [0.3, 0.4) is 0 Å². The molecule has 0 unspecified atom stereocenters. The third-order valence-electron chi connectivity index (χ3n) is 4.90. The van der Waals surface area contributed by atoms with Gasteiger partial charge in [0.05, 0.1) is 13.7 Å². The van der Waals surface area contributed by atoms with Crippen molar-refractivity contribution in [2.75, 3.05) is 7.11 Å². The van der Waals surface area contributed by atoms with Crippen LogP contribution in [0.25, 0.3) is 11.3 Å². The summed E-state index contributed by atoms with van der Waals surface area (Å²) in [6.45, 7) is 0.590. The van der Waals surface area contributed by atoms with Crippen LogP contribution in [0, 0.1) is 0 Å². The van der Waals surface area contributed by atoms with E-state index in [-0.39, 0.29) is 11.4 Å². The van der Waals surface area contributed by atoms with Crippen LogP contribution in [-0.2, 0) is 23.1 Å². The van der Waals surface area contributed by atoms with Crippen LogP contribution in [0.5, 0.6) is 5.75 Å². The molecule has 0 fully saturated rings. The zero-order chi connectivity index (χ0) is 21.7. The second-order valence-corrected chi connectivity index (χ2v) is 8.76. The van der Waals surface area contributed by atoms with Gasteiger partial charge >= 0.3 is 0 Å². The number of hydrogen-bond donors (Lipinski definition) is 1. The maximum Gasteiger partial charge on any atom is 0.244 e. The highest BCUT2D eigenvalue weighted by Gasteiger charge is 2.24. The predicted molar refractivity (Wildman–Crippen MR) is 120 cm³/mol. The molecule has 0 saturated carbocycles. The summed E-state index contributed by atoms with van der Waals surface area (Å²) in [4.78, 5) is 0.143. The first kappa shape index (κ1) is 20.8. The van der Waals surface area contributed by atoms with Crippen molar-refractivity contribution in [1.29, 1.82) is 0 Å². The van der Waals surface area contributed by atoms with Gasteiger partial charge < -0.3 is 4.74 Å². The Balaban J connectivity index is 1.68. The van der Waals surface area contributed by atoms with Gasteiger partial charge in [-0.15, -0.1) is 0 Å². The molecule has 1 heterocycles. The van der Waals surface area contributed by atoms with Gasteiger partial charge in [0.1, 0.15) is 16.3 Å². The van der Waals surface area contributed by atoms with Gasteiger partial charge in [0.25, 0.3) is 0 Å². The topological polar surface area (TPSA) is 73.2 Å². The Morgan fingerprint density at radius 1 is 0.903 bits per heavy atom. The first-order valence-corrected chi connectivity index (χ1v) is 11.3. The Kier molecular flexibility index (Phi) is 6.16. The molecule has 1 aromatic heterocycles. The molecular formula is C24H23N3O3S. The molecule has 0 amide bonds. The van der Waals surface area contributed by atoms with Gasteiger partial charge in [0.15, 0.2) is 0 Å². The van der Waals surface area contributed by atoms with Crippen LogP contribution < -0.4 is 9.46 Å². The molecule has 0 saturated heterocycles. The lowest BCUT2D eigenvalue weighted by molar-refractivity contribution is 0.409. The average Bonchev–Trinajstić information content (AvgIpc) is 3.24. The van der Waals surface area contributed by atoms with Gasteiger partial charge in [-0.25, -0.2) is 13.1 Å². The standard InChI is InChI=1S/C24H23N3O3S/c1-30-22-15-9-8-14-21(22)16-25-31(28,29)23-18-27(17-19-10-4-2-5-11-19)26-24(23)20-12-6-3-7-13-20/h2-15,18,25H,16-17H2,1H3. The fourth-order valence-electron chi connectivity index (χ4n) is 3.35. The molecule has 0 bridgehead atoms. The third-order valence-corrected chi connectivity index (χ3v) is 6.30. The summed E-state index contributed by atoms with van der Waals surface area (Å²) in [5.41, 5.74) is 2.96. The van der Waals surface area contributed by atoms with Crippen LogP contribution in [-0.4, -0.2) is 25.3 Å². The van der Waals surface area contributed by atoms with E-state index in [9.17, 15) is 8.42 Å². The summed E-state index contributed by atoms with van der Waals surface area (Å²) in [5.74, 6) is 0.633. The molecule has 0 aliphatic carbocycles. The molecule has 4 rings (SSSR count). The van der Waals surface area contributed by atoms with E-state index in [1.54, 1.807) is 24.1 Å². The van der Waals surface area contributed by atoms with Gasteiger partial charge in [0.2, 0.25) is 10.0 Å². The van der Waals surface area contributed by atoms with E-state index in [4.69, 9.17) is 4.74 Å². The Morgan fingerprint density at radius 2 is 1.55 bits per heavy atom. The number of methoxy groups -OCH3 is 1. The molecule has 0 atom stereocenters. The first-order chi connectivity index (χ1) is 15.1. The Hall–Kier alpha value is -3.42. The third kappa shape index (κ3) is 4.84. The summed E-state index contributed by atoms with van der Waals surface area (Å²) in [7, 11) is -2.26. The summed E-state index contributed by atoms with van der Waals surface area (Å²) < 4.78 is 36.2. The molecular weight excluding hydrogens is 410 g/mol. The number of nitrogens with zero attached hydrogens (tertiary/aromatic N) is 2. The number of ether oxygens (including phenoxy) is 1. The summed E-state index contributed by atoms with van der Waals surface area (Å²) in [6, 6.07) is 26.5. The molecule has 6 nitrogen and oxygen atoms in total. The normalized spacial score (nSPS) is 11.4. The van der Waals surface area contributed by atoms with Gasteiger partial charge in [-0.2, -0.15) is 5.10 Å². The van der Waals surface area contributed by atoms with Crippen LogP contribution in [0.4, 0.5) is 0 Å². The summed E-state index contributed by atoms with van der Waals surface area (Å²) in [5, 5.41) is 4.60. The lowest BCUT2D eigenvalue weighted by atomic mass is 10.2. The number of rotatable bonds is 8. The van der Waals surface area contributed by atoms with Crippen LogP contribution in [0.2, 0.25) is 0 Å². The van der Waals surface area contributed by atoms with Crippen molar-refractivity contribution in [2.24, 2.45) is 0 Å². The second-order valence-electron chi connectivity index (χ2n) is 7.03. The number of benzene rings is 3. The molecule has 7 heteroatoms. The largest absolute Gasteiger partial charge is 0.496 e. The number of nitrogens with one attached hydrogen (secondary N) is 1. The van der Waals surface area contributed by atoms with Crippen molar-refractivity contribution in [3.63, 3.8) is 0 Å². The molecule has 158 valence electrons. The maximum atomic E-state index is 13.3. The Bertz CT molecular complexity index is 1250. The van der Waals surface area contributed by atoms with E-state index >= 15 is 0 Å². The van der Waals surface area contributed by atoms with Crippen LogP contribution in [0.1, 0.15) is 11.1 Å². The quantitative estimate of drug-likeness (QED) is 0.454. The highest BCUT2D eigenvalue weighted by molar-refractivity contribution is 7.89. The minimum absolute atomic E-state index is 0.116. The smallest absolute Gasteiger partial charge is 0.244 e. The van der Waals surface area contributed by atoms with Crippen molar-refractivity contribution >= 4 is 10.0 Å². The molecule has 0 radical (unpaired) electrons. The minimum Gasteiger partial charge on any atom is -0.496 e. The first-order valence-electron chi connectivity index (χ1n) is 9.85. The lowest BCUT2D eigenvalue weighted by Crippen LogP contribution is -2.23. The van der Waals surface area contributed by atoms with E-state index in [1.807, 2.05) is 78.9 Å². The fraction of sp³-hybridized carbons (Fsp3) is 0.125.